The van der Waals surface area contributed by atoms with Crippen LogP contribution in [0.25, 0.3) is 10.9 Å². The summed E-state index contributed by atoms with van der Waals surface area (Å²) in [5.41, 5.74) is 2.90. The first kappa shape index (κ1) is 17.6. The normalized spacial score (nSPS) is 10.7. The molecule has 1 aromatic heterocycles. The first-order chi connectivity index (χ1) is 12.4. The van der Waals surface area contributed by atoms with Crippen molar-refractivity contribution in [2.45, 2.75) is 6.92 Å². The Bertz CT molecular complexity index is 1070. The molecule has 0 bridgehead atoms. The van der Waals surface area contributed by atoms with Crippen LogP contribution in [0.15, 0.2) is 42.5 Å². The monoisotopic (exact) mass is 372 g/mol. The van der Waals surface area contributed by atoms with Crippen LogP contribution in [0.1, 0.15) is 26.4 Å². The Balaban J connectivity index is 2.25. The molecule has 0 spiro atoms. The number of nitrogen functional groups attached to an aromatic ring is 1. The maximum absolute atomic E-state index is 13.0. The van der Waals surface area contributed by atoms with Gasteiger partial charge in [0, 0.05) is 22.7 Å². The molecule has 2 aromatic carbocycles. The average molecular weight is 373 g/mol. The van der Waals surface area contributed by atoms with E-state index in [4.69, 9.17) is 17.4 Å². The van der Waals surface area contributed by atoms with E-state index in [2.05, 4.69) is 5.43 Å². The van der Waals surface area contributed by atoms with Gasteiger partial charge in [0.15, 0.2) is 0 Å². The fourth-order valence-electron chi connectivity index (χ4n) is 2.90. The van der Waals surface area contributed by atoms with Crippen molar-refractivity contribution in [1.29, 1.82) is 0 Å². The van der Waals surface area contributed by atoms with E-state index in [1.54, 1.807) is 31.2 Å². The molecular weight excluding hydrogens is 360 g/mol. The topological polar surface area (TPSA) is 120 Å². The average Bonchev–Trinajstić information content (AvgIpc) is 2.92. The van der Waals surface area contributed by atoms with Gasteiger partial charge in [-0.1, -0.05) is 29.8 Å². The zero-order valence-electron chi connectivity index (χ0n) is 13.5. The fourth-order valence-corrected chi connectivity index (χ4v) is 3.09. The molecule has 0 saturated heterocycles. The van der Waals surface area contributed by atoms with Gasteiger partial charge in [-0.15, -0.1) is 0 Å². The number of nitrogens with zero attached hydrogens (tertiary/aromatic N) is 2. The Kier molecular flexibility index (Phi) is 4.45. The van der Waals surface area contributed by atoms with Crippen LogP contribution in [0.4, 0.5) is 5.69 Å². The first-order valence-corrected chi connectivity index (χ1v) is 7.84. The van der Waals surface area contributed by atoms with Gasteiger partial charge in [0.1, 0.15) is 5.02 Å². The molecule has 8 nitrogen and oxygen atoms in total. The van der Waals surface area contributed by atoms with E-state index in [0.717, 1.165) is 6.07 Å². The van der Waals surface area contributed by atoms with Gasteiger partial charge in [-0.05, 0) is 25.1 Å². The Morgan fingerprint density at radius 2 is 1.92 bits per heavy atom. The molecule has 9 heteroatoms. The van der Waals surface area contributed by atoms with E-state index in [0.29, 0.717) is 16.6 Å². The summed E-state index contributed by atoms with van der Waals surface area (Å²) in [5, 5.41) is 11.6. The van der Waals surface area contributed by atoms with Crippen molar-refractivity contribution in [2.75, 3.05) is 0 Å². The van der Waals surface area contributed by atoms with Crippen molar-refractivity contribution >= 4 is 40.0 Å². The van der Waals surface area contributed by atoms with Crippen LogP contribution in [0.2, 0.25) is 5.02 Å². The van der Waals surface area contributed by atoms with Crippen molar-refractivity contribution in [2.24, 2.45) is 5.84 Å². The lowest BCUT2D eigenvalue weighted by Crippen LogP contribution is -2.30. The van der Waals surface area contributed by atoms with Gasteiger partial charge in [-0.2, -0.15) is 0 Å². The minimum absolute atomic E-state index is 0.0659. The standard InChI is InChI=1S/C17H13ClN4O4/c1-9-15(16(23)20-19)11-4-2-3-5-13(11)21(9)17(24)10-6-7-12(18)14(8-10)22(25)26/h2-8H,19H2,1H3,(H,20,23). The second-order valence-corrected chi connectivity index (χ2v) is 5.92. The molecule has 1 heterocycles. The maximum atomic E-state index is 13.0. The molecule has 0 aliphatic carbocycles. The maximum Gasteiger partial charge on any atom is 0.288 e. The van der Waals surface area contributed by atoms with Gasteiger partial charge < -0.3 is 0 Å². The van der Waals surface area contributed by atoms with Crippen LogP contribution in [-0.2, 0) is 0 Å². The number of amides is 1. The molecule has 3 N–H and O–H groups in total. The molecule has 0 radical (unpaired) electrons. The third kappa shape index (κ3) is 2.71. The van der Waals surface area contributed by atoms with Crippen LogP contribution < -0.4 is 11.3 Å². The van der Waals surface area contributed by atoms with E-state index < -0.39 is 16.7 Å². The number of hydrazine groups is 1. The Hall–Kier alpha value is -3.23. The number of carbonyl (C=O) groups excluding carboxylic acids is 2. The number of carbonyl (C=O) groups is 2. The quantitative estimate of drug-likeness (QED) is 0.317. The number of nitrogens with one attached hydrogen (secondary N) is 1. The van der Waals surface area contributed by atoms with E-state index in [1.807, 2.05) is 0 Å². The molecule has 0 aliphatic heterocycles. The zero-order chi connectivity index (χ0) is 19.0. The molecule has 26 heavy (non-hydrogen) atoms. The number of para-hydroxylation sites is 1. The highest BCUT2D eigenvalue weighted by Gasteiger charge is 2.24. The fraction of sp³-hybridized carbons (Fsp3) is 0.0588. The summed E-state index contributed by atoms with van der Waals surface area (Å²) in [4.78, 5) is 35.6. The Morgan fingerprint density at radius 1 is 1.23 bits per heavy atom. The number of nitro benzene ring substituents is 1. The van der Waals surface area contributed by atoms with Gasteiger partial charge in [-0.3, -0.25) is 29.7 Å². The van der Waals surface area contributed by atoms with Crippen LogP contribution in [-0.4, -0.2) is 21.3 Å². The Labute approximate surface area is 152 Å². The molecule has 3 rings (SSSR count). The van der Waals surface area contributed by atoms with Gasteiger partial charge in [0.2, 0.25) is 0 Å². The summed E-state index contributed by atoms with van der Waals surface area (Å²) in [6, 6.07) is 10.6. The second kappa shape index (κ2) is 6.58. The van der Waals surface area contributed by atoms with E-state index >= 15 is 0 Å². The molecule has 0 aliphatic rings. The second-order valence-electron chi connectivity index (χ2n) is 5.51. The molecule has 0 unspecified atom stereocenters. The van der Waals surface area contributed by atoms with Crippen molar-refractivity contribution in [1.82, 2.24) is 9.99 Å². The summed E-state index contributed by atoms with van der Waals surface area (Å²) >= 11 is 5.81. The number of rotatable bonds is 3. The SMILES string of the molecule is Cc1c(C(=O)NN)c2ccccc2n1C(=O)c1ccc(Cl)c([N+](=O)[O-])c1. The highest BCUT2D eigenvalue weighted by molar-refractivity contribution is 6.32. The van der Waals surface area contributed by atoms with Crippen molar-refractivity contribution in [3.63, 3.8) is 0 Å². The summed E-state index contributed by atoms with van der Waals surface area (Å²) in [5.74, 6) is 4.19. The number of nitro groups is 1. The predicted molar refractivity (Wildman–Crippen MR) is 96.2 cm³/mol. The lowest BCUT2D eigenvalue weighted by molar-refractivity contribution is -0.384. The summed E-state index contributed by atoms with van der Waals surface area (Å²) in [7, 11) is 0. The van der Waals surface area contributed by atoms with E-state index in [9.17, 15) is 19.7 Å². The number of benzene rings is 2. The third-order valence-electron chi connectivity index (χ3n) is 4.06. The van der Waals surface area contributed by atoms with Crippen LogP contribution in [0, 0.1) is 17.0 Å². The first-order valence-electron chi connectivity index (χ1n) is 7.46. The van der Waals surface area contributed by atoms with Gasteiger partial charge in [-0.25, -0.2) is 5.84 Å². The van der Waals surface area contributed by atoms with Gasteiger partial charge >= 0.3 is 0 Å². The molecule has 3 aromatic rings. The number of hydrogen-bond acceptors (Lipinski definition) is 5. The van der Waals surface area contributed by atoms with Crippen molar-refractivity contribution < 1.29 is 14.5 Å². The molecular formula is C17H13ClN4O4. The van der Waals surface area contributed by atoms with Gasteiger partial charge in [0.05, 0.1) is 16.0 Å². The Morgan fingerprint density at radius 3 is 2.58 bits per heavy atom. The number of aromatic nitrogens is 1. The highest BCUT2D eigenvalue weighted by Crippen LogP contribution is 2.29. The number of fused-ring (bicyclic) bond motifs is 1. The van der Waals surface area contributed by atoms with E-state index in [1.165, 1.54) is 16.7 Å². The molecule has 0 saturated carbocycles. The molecule has 0 atom stereocenters. The number of hydrogen-bond donors (Lipinski definition) is 2. The summed E-state index contributed by atoms with van der Waals surface area (Å²) in [6.07, 6.45) is 0. The number of halogens is 1. The lowest BCUT2D eigenvalue weighted by Gasteiger charge is -2.08. The predicted octanol–water partition coefficient (Wildman–Crippen LogP) is 2.80. The van der Waals surface area contributed by atoms with Crippen LogP contribution >= 0.6 is 11.6 Å². The number of nitrogens with two attached hydrogens (primary N) is 1. The third-order valence-corrected chi connectivity index (χ3v) is 4.38. The summed E-state index contributed by atoms with van der Waals surface area (Å²) in [6.45, 7) is 1.60. The highest BCUT2D eigenvalue weighted by atomic mass is 35.5. The van der Waals surface area contributed by atoms with Crippen molar-refractivity contribution in [3.05, 3.63) is 74.4 Å². The summed E-state index contributed by atoms with van der Waals surface area (Å²) < 4.78 is 1.33. The molecule has 132 valence electrons. The lowest BCUT2D eigenvalue weighted by atomic mass is 10.1. The molecule has 0 fully saturated rings. The largest absolute Gasteiger partial charge is 0.290 e. The molecule has 1 amide bonds. The van der Waals surface area contributed by atoms with Crippen LogP contribution in [0.5, 0.6) is 0 Å². The minimum atomic E-state index is -0.660. The minimum Gasteiger partial charge on any atom is -0.290 e. The van der Waals surface area contributed by atoms with Crippen molar-refractivity contribution in [3.8, 4) is 0 Å². The van der Waals surface area contributed by atoms with E-state index in [-0.39, 0.29) is 21.8 Å². The van der Waals surface area contributed by atoms with Crippen LogP contribution in [0.3, 0.4) is 0 Å². The zero-order valence-corrected chi connectivity index (χ0v) is 14.3. The van der Waals surface area contributed by atoms with Gasteiger partial charge in [0.25, 0.3) is 17.5 Å². The smallest absolute Gasteiger partial charge is 0.288 e.